The number of hydrogen-bond acceptors (Lipinski definition) is 5. The molecule has 0 radical (unpaired) electrons. The Balaban J connectivity index is 1.37. The van der Waals surface area contributed by atoms with Crippen LogP contribution in [0.2, 0.25) is 5.02 Å². The second-order valence-electron chi connectivity index (χ2n) is 7.33. The highest BCUT2D eigenvalue weighted by Crippen LogP contribution is 2.31. The van der Waals surface area contributed by atoms with Crippen LogP contribution in [0.1, 0.15) is 18.5 Å². The SMILES string of the molecule is COc1ccccc1N1CCCC(NC(=O)Cc2csc(-c3ccccc3Cl)n2)C1. The maximum atomic E-state index is 12.6. The number of ether oxygens (including phenoxy) is 1. The van der Waals surface area contributed by atoms with E-state index in [9.17, 15) is 4.79 Å². The lowest BCUT2D eigenvalue weighted by molar-refractivity contribution is -0.121. The fourth-order valence-electron chi connectivity index (χ4n) is 3.79. The summed E-state index contributed by atoms with van der Waals surface area (Å²) in [6.07, 6.45) is 2.27. The van der Waals surface area contributed by atoms with Gasteiger partial charge in [-0.05, 0) is 31.0 Å². The number of amides is 1. The number of methoxy groups -OCH3 is 1. The summed E-state index contributed by atoms with van der Waals surface area (Å²) in [5, 5.41) is 6.62. The van der Waals surface area contributed by atoms with Crippen molar-refractivity contribution in [3.63, 3.8) is 0 Å². The average Bonchev–Trinajstić information content (AvgIpc) is 3.22. The van der Waals surface area contributed by atoms with Crippen LogP contribution in [0.25, 0.3) is 10.6 Å². The molecule has 1 N–H and O–H groups in total. The number of carbonyl (C=O) groups is 1. The van der Waals surface area contributed by atoms with Crippen molar-refractivity contribution in [2.45, 2.75) is 25.3 Å². The van der Waals surface area contributed by atoms with Crippen molar-refractivity contribution in [3.05, 3.63) is 64.6 Å². The molecule has 2 heterocycles. The van der Waals surface area contributed by atoms with Crippen LogP contribution in [0, 0.1) is 0 Å². The first-order valence-electron chi connectivity index (χ1n) is 10.0. The number of hydrogen-bond donors (Lipinski definition) is 1. The highest BCUT2D eigenvalue weighted by molar-refractivity contribution is 7.13. The van der Waals surface area contributed by atoms with Crippen LogP contribution in [0.4, 0.5) is 5.69 Å². The van der Waals surface area contributed by atoms with Crippen LogP contribution in [0.5, 0.6) is 5.75 Å². The van der Waals surface area contributed by atoms with E-state index in [0.717, 1.165) is 53.6 Å². The van der Waals surface area contributed by atoms with Gasteiger partial charge in [0.05, 0.1) is 29.9 Å². The Morgan fingerprint density at radius 1 is 1.27 bits per heavy atom. The number of thiazole rings is 1. The molecule has 1 aliphatic heterocycles. The molecule has 0 saturated carbocycles. The van der Waals surface area contributed by atoms with Gasteiger partial charge in [0.25, 0.3) is 0 Å². The topological polar surface area (TPSA) is 54.5 Å². The smallest absolute Gasteiger partial charge is 0.226 e. The van der Waals surface area contributed by atoms with Crippen molar-refractivity contribution in [2.24, 2.45) is 0 Å². The quantitative estimate of drug-likeness (QED) is 0.597. The second-order valence-corrected chi connectivity index (χ2v) is 8.59. The first-order chi connectivity index (χ1) is 14.6. The monoisotopic (exact) mass is 441 g/mol. The first kappa shape index (κ1) is 20.7. The Morgan fingerprint density at radius 3 is 2.90 bits per heavy atom. The number of carbonyl (C=O) groups excluding carboxylic acids is 1. The summed E-state index contributed by atoms with van der Waals surface area (Å²) in [6, 6.07) is 15.7. The summed E-state index contributed by atoms with van der Waals surface area (Å²) in [5.74, 6) is 0.858. The Labute approximate surface area is 185 Å². The zero-order chi connectivity index (χ0) is 20.9. The van der Waals surface area contributed by atoms with E-state index in [4.69, 9.17) is 16.3 Å². The van der Waals surface area contributed by atoms with Crippen LogP contribution >= 0.6 is 22.9 Å². The van der Waals surface area contributed by atoms with Gasteiger partial charge < -0.3 is 15.0 Å². The number of aromatic nitrogens is 1. The number of piperidine rings is 1. The third-order valence-corrected chi connectivity index (χ3v) is 6.46. The van der Waals surface area contributed by atoms with Gasteiger partial charge in [-0.3, -0.25) is 4.79 Å². The van der Waals surface area contributed by atoms with Gasteiger partial charge in [0.15, 0.2) is 0 Å². The molecule has 0 bridgehead atoms. The molecular formula is C23H24ClN3O2S. The Bertz CT molecular complexity index is 1020. The van der Waals surface area contributed by atoms with Crippen molar-refractivity contribution >= 4 is 34.5 Å². The van der Waals surface area contributed by atoms with Crippen LogP contribution in [-0.2, 0) is 11.2 Å². The van der Waals surface area contributed by atoms with Gasteiger partial charge in [-0.2, -0.15) is 0 Å². The fourth-order valence-corrected chi connectivity index (χ4v) is 4.93. The minimum Gasteiger partial charge on any atom is -0.495 e. The molecule has 1 saturated heterocycles. The lowest BCUT2D eigenvalue weighted by Crippen LogP contribution is -2.48. The summed E-state index contributed by atoms with van der Waals surface area (Å²) in [4.78, 5) is 19.5. The first-order valence-corrected chi connectivity index (χ1v) is 11.3. The van der Waals surface area contributed by atoms with Gasteiger partial charge in [-0.15, -0.1) is 11.3 Å². The van der Waals surface area contributed by atoms with E-state index < -0.39 is 0 Å². The highest BCUT2D eigenvalue weighted by Gasteiger charge is 2.23. The maximum Gasteiger partial charge on any atom is 0.226 e. The van der Waals surface area contributed by atoms with E-state index in [-0.39, 0.29) is 18.4 Å². The lowest BCUT2D eigenvalue weighted by Gasteiger charge is -2.35. The number of anilines is 1. The molecule has 156 valence electrons. The van der Waals surface area contributed by atoms with Crippen LogP contribution in [0.3, 0.4) is 0 Å². The van der Waals surface area contributed by atoms with E-state index in [1.807, 2.05) is 47.8 Å². The molecule has 5 nitrogen and oxygen atoms in total. The van der Waals surface area contributed by atoms with Crippen molar-refractivity contribution in [2.75, 3.05) is 25.1 Å². The summed E-state index contributed by atoms with van der Waals surface area (Å²) in [6.45, 7) is 1.73. The predicted molar refractivity (Wildman–Crippen MR) is 123 cm³/mol. The molecule has 1 atom stereocenters. The number of rotatable bonds is 6. The minimum absolute atomic E-state index is 0.00196. The summed E-state index contributed by atoms with van der Waals surface area (Å²) in [7, 11) is 1.69. The second kappa shape index (κ2) is 9.49. The van der Waals surface area contributed by atoms with Gasteiger partial charge in [0.2, 0.25) is 5.91 Å². The van der Waals surface area contributed by atoms with E-state index in [1.165, 1.54) is 11.3 Å². The molecule has 1 fully saturated rings. The zero-order valence-corrected chi connectivity index (χ0v) is 18.4. The van der Waals surface area contributed by atoms with Crippen molar-refractivity contribution in [1.29, 1.82) is 0 Å². The van der Waals surface area contributed by atoms with Gasteiger partial charge in [0, 0.05) is 30.1 Å². The molecule has 0 aliphatic carbocycles. The zero-order valence-electron chi connectivity index (χ0n) is 16.8. The standard InChI is InChI=1S/C23H24ClN3O2S/c1-29-21-11-5-4-10-20(21)27-12-6-7-16(14-27)25-22(28)13-17-15-30-23(26-17)18-8-2-3-9-19(18)24/h2-5,8-11,15-16H,6-7,12-14H2,1H3,(H,25,28). The van der Waals surface area contributed by atoms with Crippen LogP contribution < -0.4 is 15.0 Å². The molecule has 1 unspecified atom stereocenters. The number of benzene rings is 2. The minimum atomic E-state index is -0.00196. The molecule has 4 rings (SSSR count). The van der Waals surface area contributed by atoms with Gasteiger partial charge in [-0.25, -0.2) is 4.98 Å². The third-order valence-electron chi connectivity index (χ3n) is 5.21. The molecule has 1 aliphatic rings. The normalized spacial score (nSPS) is 16.3. The Kier molecular flexibility index (Phi) is 6.55. The average molecular weight is 442 g/mol. The van der Waals surface area contributed by atoms with E-state index in [0.29, 0.717) is 5.02 Å². The van der Waals surface area contributed by atoms with Crippen molar-refractivity contribution < 1.29 is 9.53 Å². The van der Waals surface area contributed by atoms with Crippen molar-refractivity contribution in [3.8, 4) is 16.3 Å². The van der Waals surface area contributed by atoms with Crippen LogP contribution in [0.15, 0.2) is 53.9 Å². The van der Waals surface area contributed by atoms with Crippen molar-refractivity contribution in [1.82, 2.24) is 10.3 Å². The summed E-state index contributed by atoms with van der Waals surface area (Å²) < 4.78 is 5.50. The van der Waals surface area contributed by atoms with Gasteiger partial charge >= 0.3 is 0 Å². The van der Waals surface area contributed by atoms with Crippen LogP contribution in [-0.4, -0.2) is 37.1 Å². The molecule has 0 spiro atoms. The van der Waals surface area contributed by atoms with E-state index >= 15 is 0 Å². The molecule has 1 amide bonds. The van der Waals surface area contributed by atoms with Gasteiger partial charge in [0.1, 0.15) is 10.8 Å². The molecular weight excluding hydrogens is 418 g/mol. The highest BCUT2D eigenvalue weighted by atomic mass is 35.5. The number of para-hydroxylation sites is 2. The van der Waals surface area contributed by atoms with Gasteiger partial charge in [-0.1, -0.05) is 41.9 Å². The summed E-state index contributed by atoms with van der Waals surface area (Å²) in [5.41, 5.74) is 2.74. The Morgan fingerprint density at radius 2 is 2.07 bits per heavy atom. The number of halogens is 1. The molecule has 1 aromatic heterocycles. The molecule has 2 aromatic carbocycles. The fraction of sp³-hybridized carbons (Fsp3) is 0.304. The molecule has 7 heteroatoms. The molecule has 30 heavy (non-hydrogen) atoms. The maximum absolute atomic E-state index is 12.6. The molecule has 3 aromatic rings. The van der Waals surface area contributed by atoms with E-state index in [2.05, 4.69) is 21.3 Å². The Hall–Kier alpha value is -2.57. The predicted octanol–water partition coefficient (Wildman–Crippen LogP) is 4.80. The lowest BCUT2D eigenvalue weighted by atomic mass is 10.0. The number of nitrogens with one attached hydrogen (secondary N) is 1. The largest absolute Gasteiger partial charge is 0.495 e. The number of nitrogens with zero attached hydrogens (tertiary/aromatic N) is 2. The van der Waals surface area contributed by atoms with E-state index in [1.54, 1.807) is 7.11 Å². The summed E-state index contributed by atoms with van der Waals surface area (Å²) >= 11 is 7.77. The third kappa shape index (κ3) is 4.77.